The number of hydrogen-bond donors (Lipinski definition) is 3. The largest absolute Gasteiger partial charge is 0.444 e. The van der Waals surface area contributed by atoms with Crippen molar-refractivity contribution in [1.82, 2.24) is 15.5 Å². The van der Waals surface area contributed by atoms with Gasteiger partial charge in [-0.15, -0.1) is 0 Å². The number of carbonyl (C=O) groups excluding carboxylic acids is 4. The number of nitrogens with one attached hydrogen (secondary N) is 2. The Morgan fingerprint density at radius 3 is 2.18 bits per heavy atom. The Morgan fingerprint density at radius 1 is 1.03 bits per heavy atom. The number of hydrogen-bond acceptors (Lipinski definition) is 5. The molecule has 0 saturated heterocycles. The van der Waals surface area contributed by atoms with Gasteiger partial charge < -0.3 is 26.0 Å². The highest BCUT2D eigenvalue weighted by Crippen LogP contribution is 2.34. The van der Waals surface area contributed by atoms with Crippen LogP contribution in [0.2, 0.25) is 0 Å². The van der Waals surface area contributed by atoms with Gasteiger partial charge in [0.1, 0.15) is 17.7 Å². The Labute approximate surface area is 228 Å². The normalized spacial score (nSPS) is 13.3. The minimum Gasteiger partial charge on any atom is -0.444 e. The first-order valence-electron chi connectivity index (χ1n) is 13.5. The molecule has 1 aromatic rings. The van der Waals surface area contributed by atoms with E-state index in [-0.39, 0.29) is 5.91 Å². The Bertz CT molecular complexity index is 984. The number of carbonyl (C=O) groups is 4. The number of primary amides is 1. The third-order valence-electron chi connectivity index (χ3n) is 6.46. The fraction of sp³-hybridized carbons (Fsp3) is 0.655. The van der Waals surface area contributed by atoms with Gasteiger partial charge in [0.25, 0.3) is 0 Å². The third-order valence-corrected chi connectivity index (χ3v) is 6.46. The molecular weight excluding hydrogens is 484 g/mol. The second-order valence-corrected chi connectivity index (χ2v) is 11.5. The predicted molar refractivity (Wildman–Crippen MR) is 149 cm³/mol. The van der Waals surface area contributed by atoms with E-state index in [0.29, 0.717) is 18.5 Å². The van der Waals surface area contributed by atoms with E-state index in [1.807, 2.05) is 52.8 Å². The minimum atomic E-state index is -1.31. The quantitative estimate of drug-likeness (QED) is 0.323. The first-order valence-corrected chi connectivity index (χ1v) is 13.5. The van der Waals surface area contributed by atoms with Crippen LogP contribution in [0.1, 0.15) is 103 Å². The molecule has 9 heteroatoms. The van der Waals surface area contributed by atoms with Crippen LogP contribution in [0, 0.1) is 13.8 Å². The summed E-state index contributed by atoms with van der Waals surface area (Å²) in [6.45, 7) is 17.1. The van der Waals surface area contributed by atoms with Crippen molar-refractivity contribution in [3.05, 3.63) is 34.9 Å². The number of aryl methyl sites for hydroxylation is 2. The van der Waals surface area contributed by atoms with Gasteiger partial charge >= 0.3 is 6.09 Å². The van der Waals surface area contributed by atoms with Crippen LogP contribution in [0.3, 0.4) is 0 Å². The van der Waals surface area contributed by atoms with E-state index < -0.39 is 47.6 Å². The van der Waals surface area contributed by atoms with Gasteiger partial charge in [0, 0.05) is 12.1 Å². The molecule has 0 spiro atoms. The van der Waals surface area contributed by atoms with E-state index in [4.69, 9.17) is 10.5 Å². The zero-order chi connectivity index (χ0) is 29.3. The van der Waals surface area contributed by atoms with E-state index in [2.05, 4.69) is 17.6 Å². The second kappa shape index (κ2) is 14.2. The summed E-state index contributed by atoms with van der Waals surface area (Å²) < 4.78 is 5.34. The molecule has 0 bridgehead atoms. The summed E-state index contributed by atoms with van der Waals surface area (Å²) in [7, 11) is 0. The molecule has 0 fully saturated rings. The molecule has 4 N–H and O–H groups in total. The van der Waals surface area contributed by atoms with Crippen LogP contribution in [0.4, 0.5) is 4.79 Å². The molecule has 38 heavy (non-hydrogen) atoms. The van der Waals surface area contributed by atoms with Gasteiger partial charge in [0.15, 0.2) is 0 Å². The van der Waals surface area contributed by atoms with Gasteiger partial charge in [-0.1, -0.05) is 50.5 Å². The average Bonchev–Trinajstić information content (AvgIpc) is 2.79. The number of benzene rings is 1. The summed E-state index contributed by atoms with van der Waals surface area (Å²) in [5.41, 5.74) is 6.32. The molecule has 9 nitrogen and oxygen atoms in total. The number of unbranched alkanes of at least 4 members (excludes halogenated alkanes) is 2. The lowest BCUT2D eigenvalue weighted by atomic mass is 9.89. The summed E-state index contributed by atoms with van der Waals surface area (Å²) in [5, 5.41) is 5.54. The number of nitrogens with two attached hydrogens (primary N) is 1. The molecule has 0 radical (unpaired) electrons. The number of alkyl carbamates (subject to hydrolysis) is 1. The molecule has 0 aliphatic heterocycles. The molecule has 1 aromatic carbocycles. The molecule has 2 atom stereocenters. The van der Waals surface area contributed by atoms with Crippen molar-refractivity contribution in [2.75, 3.05) is 6.54 Å². The van der Waals surface area contributed by atoms with E-state index in [0.717, 1.165) is 30.4 Å². The van der Waals surface area contributed by atoms with Crippen molar-refractivity contribution in [2.24, 2.45) is 5.73 Å². The van der Waals surface area contributed by atoms with Crippen LogP contribution in [-0.4, -0.2) is 52.4 Å². The maximum atomic E-state index is 14.2. The van der Waals surface area contributed by atoms with Crippen LogP contribution in [0.5, 0.6) is 0 Å². The summed E-state index contributed by atoms with van der Waals surface area (Å²) in [6, 6.07) is 3.47. The van der Waals surface area contributed by atoms with Gasteiger partial charge in [-0.05, 0) is 72.4 Å². The maximum Gasteiger partial charge on any atom is 0.408 e. The SMILES string of the molecule is CCCCCNC(=O)C(c1cc(C)ccc1C)N(C(=O)C(CC(N)=O)NC(=O)OC(C)(C)C)C(C)(C)CC. The smallest absolute Gasteiger partial charge is 0.408 e. The second-order valence-electron chi connectivity index (χ2n) is 11.5. The molecule has 0 aliphatic carbocycles. The number of nitrogens with zero attached hydrogens (tertiary/aromatic N) is 1. The lowest BCUT2D eigenvalue weighted by Crippen LogP contribution is -2.60. The summed E-state index contributed by atoms with van der Waals surface area (Å²) >= 11 is 0. The minimum absolute atomic E-state index is 0.320. The van der Waals surface area contributed by atoms with Crippen molar-refractivity contribution in [3.8, 4) is 0 Å². The highest BCUT2D eigenvalue weighted by molar-refractivity contribution is 5.95. The van der Waals surface area contributed by atoms with Gasteiger partial charge in [0.05, 0.1) is 6.42 Å². The zero-order valence-corrected chi connectivity index (χ0v) is 24.7. The fourth-order valence-electron chi connectivity index (χ4n) is 4.10. The molecule has 0 heterocycles. The summed E-state index contributed by atoms with van der Waals surface area (Å²) in [5.74, 6) is -1.67. The van der Waals surface area contributed by atoms with Crippen LogP contribution in [0.15, 0.2) is 18.2 Å². The van der Waals surface area contributed by atoms with Gasteiger partial charge in [-0.25, -0.2) is 4.79 Å². The lowest BCUT2D eigenvalue weighted by Gasteiger charge is -2.45. The number of amides is 4. The summed E-state index contributed by atoms with van der Waals surface area (Å²) in [4.78, 5) is 54.2. The monoisotopic (exact) mass is 532 g/mol. The van der Waals surface area contributed by atoms with E-state index in [9.17, 15) is 19.2 Å². The fourth-order valence-corrected chi connectivity index (χ4v) is 4.10. The van der Waals surface area contributed by atoms with Gasteiger partial charge in [-0.2, -0.15) is 0 Å². The van der Waals surface area contributed by atoms with Crippen molar-refractivity contribution < 1.29 is 23.9 Å². The van der Waals surface area contributed by atoms with Crippen molar-refractivity contribution in [3.63, 3.8) is 0 Å². The topological polar surface area (TPSA) is 131 Å². The van der Waals surface area contributed by atoms with Gasteiger partial charge in [-0.3, -0.25) is 14.4 Å². The predicted octanol–water partition coefficient (Wildman–Crippen LogP) is 4.44. The Balaban J connectivity index is 3.67. The number of rotatable bonds is 13. The van der Waals surface area contributed by atoms with E-state index in [1.165, 1.54) is 4.90 Å². The Kier molecular flexibility index (Phi) is 12.3. The standard InChI is InChI=1S/C29H48N4O5/c1-10-12-13-16-31-25(35)24(21-17-19(3)14-15-20(21)4)33(29(8,9)11-2)26(36)22(18-23(30)34)32-27(37)38-28(5,6)7/h14-15,17,22,24H,10-13,16,18H2,1-9H3,(H2,30,34)(H,31,35)(H,32,37). The zero-order valence-electron chi connectivity index (χ0n) is 24.7. The van der Waals surface area contributed by atoms with E-state index in [1.54, 1.807) is 20.8 Å². The highest BCUT2D eigenvalue weighted by atomic mass is 16.6. The first-order chi connectivity index (χ1) is 17.5. The average molecular weight is 533 g/mol. The molecular formula is C29H48N4O5. The van der Waals surface area contributed by atoms with Crippen LogP contribution >= 0.6 is 0 Å². The van der Waals surface area contributed by atoms with Crippen molar-refractivity contribution in [1.29, 1.82) is 0 Å². The highest BCUT2D eigenvalue weighted by Gasteiger charge is 2.43. The number of ether oxygens (including phenoxy) is 1. The molecule has 2 unspecified atom stereocenters. The Hall–Kier alpha value is -3.10. The Morgan fingerprint density at radius 2 is 1.66 bits per heavy atom. The van der Waals surface area contributed by atoms with Gasteiger partial charge in [0.2, 0.25) is 17.7 Å². The van der Waals surface area contributed by atoms with Crippen LogP contribution in [0.25, 0.3) is 0 Å². The molecule has 1 rings (SSSR count). The molecule has 214 valence electrons. The maximum absolute atomic E-state index is 14.2. The van der Waals surface area contributed by atoms with Crippen molar-refractivity contribution in [2.45, 2.75) is 118 Å². The summed E-state index contributed by atoms with van der Waals surface area (Å²) in [6.07, 6.45) is 2.02. The van der Waals surface area contributed by atoms with Crippen molar-refractivity contribution >= 4 is 23.8 Å². The molecule has 0 aliphatic rings. The molecule has 0 aromatic heterocycles. The lowest BCUT2D eigenvalue weighted by molar-refractivity contribution is -0.150. The van der Waals surface area contributed by atoms with Crippen LogP contribution < -0.4 is 16.4 Å². The van der Waals surface area contributed by atoms with E-state index >= 15 is 0 Å². The molecule has 0 saturated carbocycles. The first kappa shape index (κ1) is 32.9. The van der Waals surface area contributed by atoms with Crippen LogP contribution in [-0.2, 0) is 19.1 Å². The molecule has 4 amide bonds. The third kappa shape index (κ3) is 9.99.